The van der Waals surface area contributed by atoms with Crippen LogP contribution in [0.25, 0.3) is 0 Å². The first-order valence-electron chi connectivity index (χ1n) is 3.65. The highest BCUT2D eigenvalue weighted by Gasteiger charge is 2.05. The predicted octanol–water partition coefficient (Wildman–Crippen LogP) is 2.09. The molecule has 0 saturated heterocycles. The normalized spacial score (nSPS) is 11.7. The van der Waals surface area contributed by atoms with E-state index >= 15 is 0 Å². The van der Waals surface area contributed by atoms with Crippen LogP contribution < -0.4 is 0 Å². The summed E-state index contributed by atoms with van der Waals surface area (Å²) in [5, 5.41) is 0. The minimum Gasteiger partial charge on any atom is -0.455 e. The topological polar surface area (TPSA) is 26.3 Å². The summed E-state index contributed by atoms with van der Waals surface area (Å²) < 4.78 is 4.78. The fourth-order valence-electron chi connectivity index (χ4n) is 0.973. The fourth-order valence-corrected chi connectivity index (χ4v) is 0.973. The van der Waals surface area contributed by atoms with E-state index in [0.29, 0.717) is 6.47 Å². The maximum Gasteiger partial charge on any atom is 0.294 e. The minimum absolute atomic E-state index is 0.330. The number of hydrogen-bond donors (Lipinski definition) is 0. The number of rotatable bonds is 4. The Labute approximate surface area is 71.5 Å². The van der Waals surface area contributed by atoms with Crippen molar-refractivity contribution in [1.82, 2.24) is 0 Å². The van der Waals surface area contributed by atoms with E-state index in [1.807, 2.05) is 30.3 Å². The van der Waals surface area contributed by atoms with Gasteiger partial charge in [-0.15, -0.1) is 0 Å². The van der Waals surface area contributed by atoms with Crippen molar-refractivity contribution in [3.8, 4) is 0 Å². The van der Waals surface area contributed by atoms with Gasteiger partial charge in [0.2, 0.25) is 0 Å². The van der Waals surface area contributed by atoms with Crippen LogP contribution in [0.2, 0.25) is 0 Å². The van der Waals surface area contributed by atoms with E-state index in [4.69, 9.17) is 4.74 Å². The highest BCUT2D eigenvalue weighted by atomic mass is 16.5. The Balaban J connectivity index is 2.79. The van der Waals surface area contributed by atoms with Gasteiger partial charge >= 0.3 is 0 Å². The molecule has 1 aromatic rings. The number of hydrogen-bond acceptors (Lipinski definition) is 2. The summed E-state index contributed by atoms with van der Waals surface area (Å²) in [5.74, 6) is 0. The highest BCUT2D eigenvalue weighted by molar-refractivity contribution is 5.39. The number of ether oxygens (including phenoxy) is 1. The van der Waals surface area contributed by atoms with Crippen LogP contribution in [0, 0.1) is 0 Å². The molecule has 2 heteroatoms. The molecule has 0 radical (unpaired) electrons. The second-order valence-electron chi connectivity index (χ2n) is 2.30. The smallest absolute Gasteiger partial charge is 0.294 e. The summed E-state index contributed by atoms with van der Waals surface area (Å²) in [6.07, 6.45) is 1.26. The number of benzene rings is 1. The summed E-state index contributed by atoms with van der Waals surface area (Å²) in [6, 6.07) is 9.45. The average Bonchev–Trinajstić information content (AvgIpc) is 2.15. The van der Waals surface area contributed by atoms with Gasteiger partial charge in [-0.25, -0.2) is 0 Å². The monoisotopic (exact) mass is 162 g/mol. The Morgan fingerprint density at radius 3 is 2.50 bits per heavy atom. The molecule has 2 nitrogen and oxygen atoms in total. The Morgan fingerprint density at radius 1 is 1.33 bits per heavy atom. The summed E-state index contributed by atoms with van der Waals surface area (Å²) >= 11 is 0. The van der Waals surface area contributed by atoms with Gasteiger partial charge in [0.15, 0.2) is 0 Å². The molecule has 1 rings (SSSR count). The first-order chi connectivity index (χ1) is 5.88. The van der Waals surface area contributed by atoms with Crippen molar-refractivity contribution in [2.45, 2.75) is 6.10 Å². The third kappa shape index (κ3) is 1.95. The molecule has 0 amide bonds. The van der Waals surface area contributed by atoms with E-state index < -0.39 is 0 Å². The van der Waals surface area contributed by atoms with Gasteiger partial charge in [0.25, 0.3) is 6.47 Å². The molecule has 0 aliphatic heterocycles. The molecule has 12 heavy (non-hydrogen) atoms. The molecule has 0 bridgehead atoms. The largest absolute Gasteiger partial charge is 0.455 e. The Morgan fingerprint density at radius 2 is 2.00 bits per heavy atom. The maximum absolute atomic E-state index is 10.1. The van der Waals surface area contributed by atoms with E-state index in [2.05, 4.69) is 6.58 Å². The zero-order valence-corrected chi connectivity index (χ0v) is 6.64. The number of carbonyl (C=O) groups is 1. The van der Waals surface area contributed by atoms with Gasteiger partial charge in [-0.3, -0.25) is 4.79 Å². The van der Waals surface area contributed by atoms with Gasteiger partial charge < -0.3 is 4.74 Å². The van der Waals surface area contributed by atoms with Crippen LogP contribution in [-0.4, -0.2) is 6.47 Å². The quantitative estimate of drug-likeness (QED) is 0.500. The standard InChI is InChI=1S/C10H10O2/c1-2-10(12-8-11)9-6-4-3-5-7-9/h2-8,10H,1H2/t10-/m1/s1. The molecule has 0 saturated carbocycles. The van der Waals surface area contributed by atoms with Crippen LogP contribution in [0.5, 0.6) is 0 Å². The van der Waals surface area contributed by atoms with Crippen molar-refractivity contribution in [2.75, 3.05) is 0 Å². The Bertz CT molecular complexity index is 254. The van der Waals surface area contributed by atoms with Gasteiger partial charge in [0.05, 0.1) is 0 Å². The van der Waals surface area contributed by atoms with E-state index in [-0.39, 0.29) is 6.10 Å². The first kappa shape index (κ1) is 8.53. The van der Waals surface area contributed by atoms with Crippen molar-refractivity contribution >= 4 is 6.47 Å². The molecule has 0 aliphatic rings. The lowest BCUT2D eigenvalue weighted by Crippen LogP contribution is -1.98. The number of carbonyl (C=O) groups excluding carboxylic acids is 1. The summed E-state index contributed by atoms with van der Waals surface area (Å²) in [4.78, 5) is 10.1. The van der Waals surface area contributed by atoms with Crippen molar-refractivity contribution in [3.63, 3.8) is 0 Å². The summed E-state index contributed by atoms with van der Waals surface area (Å²) in [6.45, 7) is 4.00. The predicted molar refractivity (Wildman–Crippen MR) is 46.5 cm³/mol. The van der Waals surface area contributed by atoms with Crippen LogP contribution >= 0.6 is 0 Å². The second kappa shape index (κ2) is 4.34. The fraction of sp³-hybridized carbons (Fsp3) is 0.100. The van der Waals surface area contributed by atoms with Gasteiger partial charge in [0, 0.05) is 0 Å². The zero-order chi connectivity index (χ0) is 8.81. The van der Waals surface area contributed by atoms with E-state index in [1.54, 1.807) is 6.08 Å². The molecule has 0 N–H and O–H groups in total. The second-order valence-corrected chi connectivity index (χ2v) is 2.30. The molecular weight excluding hydrogens is 152 g/mol. The summed E-state index contributed by atoms with van der Waals surface area (Å²) in [7, 11) is 0. The third-order valence-electron chi connectivity index (χ3n) is 1.54. The van der Waals surface area contributed by atoms with Crippen molar-refractivity contribution in [3.05, 3.63) is 48.6 Å². The van der Waals surface area contributed by atoms with Crippen molar-refractivity contribution < 1.29 is 9.53 Å². The molecule has 0 heterocycles. The van der Waals surface area contributed by atoms with E-state index in [9.17, 15) is 4.79 Å². The lowest BCUT2D eigenvalue weighted by molar-refractivity contribution is -0.131. The van der Waals surface area contributed by atoms with Crippen LogP contribution in [0.1, 0.15) is 11.7 Å². The van der Waals surface area contributed by atoms with Crippen molar-refractivity contribution in [1.29, 1.82) is 0 Å². The lowest BCUT2D eigenvalue weighted by Gasteiger charge is -2.09. The van der Waals surface area contributed by atoms with E-state index in [0.717, 1.165) is 5.56 Å². The molecule has 1 aromatic carbocycles. The van der Waals surface area contributed by atoms with Crippen LogP contribution in [0.4, 0.5) is 0 Å². The molecule has 62 valence electrons. The van der Waals surface area contributed by atoms with Crippen LogP contribution in [0.15, 0.2) is 43.0 Å². The summed E-state index contributed by atoms with van der Waals surface area (Å²) in [5.41, 5.74) is 0.930. The van der Waals surface area contributed by atoms with Gasteiger partial charge in [0.1, 0.15) is 6.10 Å². The maximum atomic E-state index is 10.1. The molecule has 0 aromatic heterocycles. The Kier molecular flexibility index (Phi) is 3.08. The highest BCUT2D eigenvalue weighted by Crippen LogP contribution is 2.16. The third-order valence-corrected chi connectivity index (χ3v) is 1.54. The molecular formula is C10H10O2. The van der Waals surface area contributed by atoms with Gasteiger partial charge in [-0.05, 0) is 11.6 Å². The van der Waals surface area contributed by atoms with Crippen LogP contribution in [-0.2, 0) is 9.53 Å². The molecule has 0 unspecified atom stereocenters. The van der Waals surface area contributed by atoms with E-state index in [1.165, 1.54) is 0 Å². The molecule has 0 spiro atoms. The average molecular weight is 162 g/mol. The lowest BCUT2D eigenvalue weighted by atomic mass is 10.1. The van der Waals surface area contributed by atoms with Crippen LogP contribution in [0.3, 0.4) is 0 Å². The minimum atomic E-state index is -0.330. The first-order valence-corrected chi connectivity index (χ1v) is 3.65. The zero-order valence-electron chi connectivity index (χ0n) is 6.64. The molecule has 0 aliphatic carbocycles. The van der Waals surface area contributed by atoms with Gasteiger partial charge in [-0.1, -0.05) is 36.9 Å². The Hall–Kier alpha value is -1.57. The molecule has 1 atom stereocenters. The van der Waals surface area contributed by atoms with Gasteiger partial charge in [-0.2, -0.15) is 0 Å². The van der Waals surface area contributed by atoms with Crippen molar-refractivity contribution in [2.24, 2.45) is 0 Å². The molecule has 0 fully saturated rings. The SMILES string of the molecule is C=C[C@@H](OC=O)c1ccccc1.